The van der Waals surface area contributed by atoms with Crippen LogP contribution in [0.2, 0.25) is 0 Å². The average Bonchev–Trinajstić information content (AvgIpc) is 2.46. The van der Waals surface area contributed by atoms with Crippen molar-refractivity contribution >= 4 is 0 Å². The monoisotopic (exact) mass is 227 g/mol. The van der Waals surface area contributed by atoms with Gasteiger partial charge in [-0.05, 0) is 45.6 Å². The van der Waals surface area contributed by atoms with Crippen LogP contribution in [0.15, 0.2) is 0 Å². The quantitative estimate of drug-likeness (QED) is 0.779. The van der Waals surface area contributed by atoms with Crippen LogP contribution in [0.25, 0.3) is 0 Å². The summed E-state index contributed by atoms with van der Waals surface area (Å²) in [5, 5.41) is 9.61. The normalized spacial score (nSPS) is 25.7. The molecule has 0 saturated carbocycles. The summed E-state index contributed by atoms with van der Waals surface area (Å²) in [5.41, 5.74) is 0. The third-order valence-electron chi connectivity index (χ3n) is 3.95. The largest absolute Gasteiger partial charge is 0.393 e. The molecule has 0 aromatic rings. The number of rotatable bonds is 5. The summed E-state index contributed by atoms with van der Waals surface area (Å²) in [6.45, 7) is 7.75. The standard InChI is InChI=1S/C14H29NO/c1-4-13(5-2)15-10-8-6-7-9-14(15)11-12(3)16/h12-14,16H,4-11H2,1-3H3. The summed E-state index contributed by atoms with van der Waals surface area (Å²) in [6, 6.07) is 1.34. The fourth-order valence-corrected chi connectivity index (χ4v) is 3.08. The maximum atomic E-state index is 9.61. The zero-order valence-corrected chi connectivity index (χ0v) is 11.3. The highest BCUT2D eigenvalue weighted by Gasteiger charge is 2.26. The van der Waals surface area contributed by atoms with Crippen LogP contribution in [-0.2, 0) is 0 Å². The van der Waals surface area contributed by atoms with Crippen LogP contribution in [0.3, 0.4) is 0 Å². The van der Waals surface area contributed by atoms with Gasteiger partial charge in [-0.25, -0.2) is 0 Å². The van der Waals surface area contributed by atoms with Gasteiger partial charge in [0.25, 0.3) is 0 Å². The number of aliphatic hydroxyl groups excluding tert-OH is 1. The van der Waals surface area contributed by atoms with E-state index in [4.69, 9.17) is 0 Å². The average molecular weight is 227 g/mol. The molecule has 2 unspecified atom stereocenters. The lowest BCUT2D eigenvalue weighted by molar-refractivity contribution is 0.0789. The van der Waals surface area contributed by atoms with E-state index in [1.807, 2.05) is 6.92 Å². The van der Waals surface area contributed by atoms with Crippen LogP contribution in [0.5, 0.6) is 0 Å². The van der Waals surface area contributed by atoms with Crippen molar-refractivity contribution in [3.8, 4) is 0 Å². The summed E-state index contributed by atoms with van der Waals surface area (Å²) >= 11 is 0. The molecule has 96 valence electrons. The van der Waals surface area contributed by atoms with Gasteiger partial charge in [-0.1, -0.05) is 26.7 Å². The van der Waals surface area contributed by atoms with Gasteiger partial charge >= 0.3 is 0 Å². The summed E-state index contributed by atoms with van der Waals surface area (Å²) in [6.07, 6.45) is 8.62. The molecule has 1 rings (SSSR count). The van der Waals surface area contributed by atoms with Crippen LogP contribution in [-0.4, -0.2) is 34.7 Å². The zero-order chi connectivity index (χ0) is 12.0. The van der Waals surface area contributed by atoms with E-state index in [9.17, 15) is 5.11 Å². The van der Waals surface area contributed by atoms with E-state index in [-0.39, 0.29) is 6.10 Å². The highest BCUT2D eigenvalue weighted by molar-refractivity contribution is 4.81. The number of nitrogens with zero attached hydrogens (tertiary/aromatic N) is 1. The van der Waals surface area contributed by atoms with E-state index in [0.29, 0.717) is 6.04 Å². The first-order valence-electron chi connectivity index (χ1n) is 7.12. The maximum Gasteiger partial charge on any atom is 0.0527 e. The van der Waals surface area contributed by atoms with E-state index in [2.05, 4.69) is 18.7 Å². The van der Waals surface area contributed by atoms with E-state index in [1.54, 1.807) is 0 Å². The minimum atomic E-state index is -0.153. The van der Waals surface area contributed by atoms with Crippen molar-refractivity contribution < 1.29 is 5.11 Å². The Bertz CT molecular complexity index is 178. The molecule has 2 heteroatoms. The van der Waals surface area contributed by atoms with Crippen molar-refractivity contribution in [3.63, 3.8) is 0 Å². The molecule has 1 heterocycles. The van der Waals surface area contributed by atoms with Gasteiger partial charge in [0.15, 0.2) is 0 Å². The minimum absolute atomic E-state index is 0.153. The highest BCUT2D eigenvalue weighted by atomic mass is 16.3. The third-order valence-corrected chi connectivity index (χ3v) is 3.95. The third kappa shape index (κ3) is 4.06. The lowest BCUT2D eigenvalue weighted by Crippen LogP contribution is -2.43. The first-order valence-corrected chi connectivity index (χ1v) is 7.12. The van der Waals surface area contributed by atoms with Gasteiger partial charge in [0, 0.05) is 12.1 Å². The SMILES string of the molecule is CCC(CC)N1CCCCCC1CC(C)O. The molecule has 1 saturated heterocycles. The van der Waals surface area contributed by atoms with E-state index >= 15 is 0 Å². The van der Waals surface area contributed by atoms with Crippen molar-refractivity contribution in [2.75, 3.05) is 6.54 Å². The molecule has 16 heavy (non-hydrogen) atoms. The van der Waals surface area contributed by atoms with Crippen LogP contribution in [0.1, 0.15) is 65.7 Å². The second kappa shape index (κ2) is 7.29. The van der Waals surface area contributed by atoms with Crippen molar-refractivity contribution in [1.29, 1.82) is 0 Å². The van der Waals surface area contributed by atoms with E-state index in [0.717, 1.165) is 12.5 Å². The first kappa shape index (κ1) is 14.0. The molecule has 1 aliphatic heterocycles. The molecule has 0 radical (unpaired) electrons. The Morgan fingerprint density at radius 1 is 1.19 bits per heavy atom. The summed E-state index contributed by atoms with van der Waals surface area (Å²) in [7, 11) is 0. The van der Waals surface area contributed by atoms with Gasteiger partial charge in [0.1, 0.15) is 0 Å². The van der Waals surface area contributed by atoms with Gasteiger partial charge in [-0.15, -0.1) is 0 Å². The molecule has 0 bridgehead atoms. The minimum Gasteiger partial charge on any atom is -0.393 e. The van der Waals surface area contributed by atoms with E-state index in [1.165, 1.54) is 45.1 Å². The van der Waals surface area contributed by atoms with E-state index < -0.39 is 0 Å². The Labute approximate surface area is 101 Å². The Hall–Kier alpha value is -0.0800. The Morgan fingerprint density at radius 2 is 1.88 bits per heavy atom. The Kier molecular flexibility index (Phi) is 6.37. The van der Waals surface area contributed by atoms with Crippen LogP contribution in [0.4, 0.5) is 0 Å². The van der Waals surface area contributed by atoms with Gasteiger partial charge < -0.3 is 5.11 Å². The predicted octanol–water partition coefficient (Wildman–Crippen LogP) is 3.19. The molecule has 2 nitrogen and oxygen atoms in total. The second-order valence-electron chi connectivity index (χ2n) is 5.30. The molecule has 0 aliphatic carbocycles. The molecule has 1 fully saturated rings. The molecule has 0 spiro atoms. The summed E-state index contributed by atoms with van der Waals surface area (Å²) < 4.78 is 0. The second-order valence-corrected chi connectivity index (χ2v) is 5.30. The van der Waals surface area contributed by atoms with Crippen LogP contribution < -0.4 is 0 Å². The first-order chi connectivity index (χ1) is 7.69. The molecule has 2 atom stereocenters. The van der Waals surface area contributed by atoms with Gasteiger partial charge in [0.05, 0.1) is 6.10 Å². The lowest BCUT2D eigenvalue weighted by atomic mass is 10.0. The Morgan fingerprint density at radius 3 is 2.44 bits per heavy atom. The van der Waals surface area contributed by atoms with Gasteiger partial charge in [0.2, 0.25) is 0 Å². The molecule has 0 amide bonds. The highest BCUT2D eigenvalue weighted by Crippen LogP contribution is 2.24. The van der Waals surface area contributed by atoms with Crippen molar-refractivity contribution in [2.24, 2.45) is 0 Å². The number of hydrogen-bond donors (Lipinski definition) is 1. The van der Waals surface area contributed by atoms with Crippen molar-refractivity contribution in [1.82, 2.24) is 4.90 Å². The van der Waals surface area contributed by atoms with Gasteiger partial charge in [-0.3, -0.25) is 4.90 Å². The molecule has 1 N–H and O–H groups in total. The van der Waals surface area contributed by atoms with Crippen molar-refractivity contribution in [2.45, 2.75) is 83.9 Å². The predicted molar refractivity (Wildman–Crippen MR) is 69.6 cm³/mol. The lowest BCUT2D eigenvalue weighted by Gasteiger charge is -2.37. The van der Waals surface area contributed by atoms with Gasteiger partial charge in [-0.2, -0.15) is 0 Å². The Balaban J connectivity index is 2.64. The summed E-state index contributed by atoms with van der Waals surface area (Å²) in [5.74, 6) is 0. The number of likely N-dealkylation sites (tertiary alicyclic amines) is 1. The fraction of sp³-hybridized carbons (Fsp3) is 1.00. The molecule has 0 aromatic heterocycles. The smallest absolute Gasteiger partial charge is 0.0527 e. The van der Waals surface area contributed by atoms with Crippen LogP contribution in [0, 0.1) is 0 Å². The number of hydrogen-bond acceptors (Lipinski definition) is 2. The zero-order valence-electron chi connectivity index (χ0n) is 11.3. The molecular weight excluding hydrogens is 198 g/mol. The van der Waals surface area contributed by atoms with Crippen molar-refractivity contribution in [3.05, 3.63) is 0 Å². The topological polar surface area (TPSA) is 23.5 Å². The molecular formula is C14H29NO. The molecule has 1 aliphatic rings. The van der Waals surface area contributed by atoms with Crippen LogP contribution >= 0.6 is 0 Å². The number of aliphatic hydroxyl groups is 1. The fourth-order valence-electron chi connectivity index (χ4n) is 3.08. The maximum absolute atomic E-state index is 9.61. The summed E-state index contributed by atoms with van der Waals surface area (Å²) in [4.78, 5) is 2.68. The molecule has 0 aromatic carbocycles.